The predicted molar refractivity (Wildman–Crippen MR) is 83.8 cm³/mol. The van der Waals surface area contributed by atoms with Crippen LogP contribution in [0.15, 0.2) is 4.99 Å². The summed E-state index contributed by atoms with van der Waals surface area (Å²) in [5, 5.41) is 0. The van der Waals surface area contributed by atoms with E-state index in [1.54, 1.807) is 0 Å². The van der Waals surface area contributed by atoms with Crippen LogP contribution in [0.2, 0.25) is 5.54 Å². The molecule has 1 rings (SSSR count). The van der Waals surface area contributed by atoms with E-state index >= 15 is 0 Å². The number of aliphatic imine (C=N–C) groups is 1. The van der Waals surface area contributed by atoms with E-state index in [0.717, 1.165) is 38.4 Å². The molecule has 0 saturated heterocycles. The molecule has 0 aromatic heterocycles. The van der Waals surface area contributed by atoms with Crippen LogP contribution in [0.1, 0.15) is 40.0 Å². The molecule has 112 valence electrons. The van der Waals surface area contributed by atoms with Crippen LogP contribution in [-0.2, 0) is 9.47 Å². The Morgan fingerprint density at radius 3 is 2.47 bits per heavy atom. The highest BCUT2D eigenvalue weighted by atomic mass is 28.2. The van der Waals surface area contributed by atoms with E-state index in [1.165, 1.54) is 19.3 Å². The SMILES string of the molecule is CCCC(CCN1C=NCC1)[SiH2]C(OCC)OCC. The van der Waals surface area contributed by atoms with Gasteiger partial charge in [-0.05, 0) is 25.8 Å². The van der Waals surface area contributed by atoms with Gasteiger partial charge in [-0.1, -0.05) is 19.8 Å². The maximum absolute atomic E-state index is 5.73. The van der Waals surface area contributed by atoms with E-state index in [2.05, 4.69) is 30.7 Å². The van der Waals surface area contributed by atoms with Crippen molar-refractivity contribution in [2.45, 2.75) is 51.5 Å². The van der Waals surface area contributed by atoms with Crippen LogP contribution < -0.4 is 0 Å². The maximum Gasteiger partial charge on any atom is 0.135 e. The van der Waals surface area contributed by atoms with Crippen LogP contribution >= 0.6 is 0 Å². The second-order valence-corrected chi connectivity index (χ2v) is 7.37. The van der Waals surface area contributed by atoms with Gasteiger partial charge in [-0.15, -0.1) is 0 Å². The number of hydrogen-bond donors (Lipinski definition) is 0. The Hall–Kier alpha value is -0.393. The first-order chi connectivity index (χ1) is 9.30. The molecule has 0 fully saturated rings. The van der Waals surface area contributed by atoms with Crippen molar-refractivity contribution in [2.75, 3.05) is 32.8 Å². The highest BCUT2D eigenvalue weighted by Crippen LogP contribution is 2.20. The number of rotatable bonds is 11. The van der Waals surface area contributed by atoms with Crippen molar-refractivity contribution >= 4 is 15.9 Å². The first kappa shape index (κ1) is 16.7. The Labute approximate surface area is 120 Å². The average molecular weight is 286 g/mol. The third kappa shape index (κ3) is 7.08. The van der Waals surface area contributed by atoms with Gasteiger partial charge in [0.2, 0.25) is 0 Å². The normalized spacial score (nSPS) is 17.2. The third-order valence-electron chi connectivity index (χ3n) is 3.51. The lowest BCUT2D eigenvalue weighted by atomic mass is 10.2. The molecule has 1 atom stereocenters. The molecule has 0 aromatic rings. The summed E-state index contributed by atoms with van der Waals surface area (Å²) in [6.07, 6.45) is 5.85. The molecule has 0 amide bonds. The van der Waals surface area contributed by atoms with Crippen LogP contribution in [0.5, 0.6) is 0 Å². The summed E-state index contributed by atoms with van der Waals surface area (Å²) in [7, 11) is -0.347. The molecule has 0 spiro atoms. The number of hydrogen-bond acceptors (Lipinski definition) is 4. The Morgan fingerprint density at radius 2 is 1.95 bits per heavy atom. The molecular weight excluding hydrogens is 256 g/mol. The summed E-state index contributed by atoms with van der Waals surface area (Å²) in [4.78, 5) is 6.61. The molecule has 1 aliphatic heterocycles. The van der Waals surface area contributed by atoms with Gasteiger partial charge < -0.3 is 14.4 Å². The minimum atomic E-state index is -0.347. The lowest BCUT2D eigenvalue weighted by Crippen LogP contribution is -2.30. The van der Waals surface area contributed by atoms with Crippen LogP contribution in [0.3, 0.4) is 0 Å². The van der Waals surface area contributed by atoms with E-state index in [1.807, 2.05) is 6.34 Å². The third-order valence-corrected chi connectivity index (χ3v) is 5.85. The van der Waals surface area contributed by atoms with Gasteiger partial charge in [-0.3, -0.25) is 4.99 Å². The highest BCUT2D eigenvalue weighted by Gasteiger charge is 2.18. The summed E-state index contributed by atoms with van der Waals surface area (Å²) in [6, 6.07) is 0. The van der Waals surface area contributed by atoms with Crippen molar-refractivity contribution in [3.8, 4) is 0 Å². The van der Waals surface area contributed by atoms with E-state index in [9.17, 15) is 0 Å². The van der Waals surface area contributed by atoms with Crippen LogP contribution in [-0.4, -0.2) is 59.5 Å². The molecule has 0 radical (unpaired) electrons. The summed E-state index contributed by atoms with van der Waals surface area (Å²) < 4.78 is 11.5. The average Bonchev–Trinajstić information content (AvgIpc) is 2.90. The quantitative estimate of drug-likeness (QED) is 0.429. The Balaban J connectivity index is 2.33. The van der Waals surface area contributed by atoms with Crippen molar-refractivity contribution in [3.05, 3.63) is 0 Å². The monoisotopic (exact) mass is 286 g/mol. The van der Waals surface area contributed by atoms with Gasteiger partial charge >= 0.3 is 0 Å². The van der Waals surface area contributed by atoms with E-state index in [4.69, 9.17) is 9.47 Å². The second kappa shape index (κ2) is 10.4. The zero-order valence-electron chi connectivity index (χ0n) is 12.8. The Kier molecular flexibility index (Phi) is 9.12. The first-order valence-corrected chi connectivity index (χ1v) is 9.40. The summed E-state index contributed by atoms with van der Waals surface area (Å²) >= 11 is 0. The largest absolute Gasteiger partial charge is 0.361 e. The van der Waals surface area contributed by atoms with Gasteiger partial charge in [0.25, 0.3) is 0 Å². The molecule has 4 nitrogen and oxygen atoms in total. The van der Waals surface area contributed by atoms with Gasteiger partial charge in [0.05, 0.1) is 22.4 Å². The molecular formula is C14H30N2O2Si. The first-order valence-electron chi connectivity index (χ1n) is 7.77. The van der Waals surface area contributed by atoms with Crippen molar-refractivity contribution < 1.29 is 9.47 Å². The molecule has 1 heterocycles. The van der Waals surface area contributed by atoms with E-state index < -0.39 is 0 Å². The van der Waals surface area contributed by atoms with Gasteiger partial charge in [-0.2, -0.15) is 0 Å². The summed E-state index contributed by atoms with van der Waals surface area (Å²) in [5.41, 5.74) is 0.821. The molecule has 0 aliphatic carbocycles. The minimum Gasteiger partial charge on any atom is -0.361 e. The lowest BCUT2D eigenvalue weighted by Gasteiger charge is -2.24. The molecule has 1 unspecified atom stereocenters. The van der Waals surface area contributed by atoms with Crippen molar-refractivity contribution in [2.24, 2.45) is 4.99 Å². The van der Waals surface area contributed by atoms with Crippen LogP contribution in [0.4, 0.5) is 0 Å². The molecule has 0 bridgehead atoms. The molecule has 19 heavy (non-hydrogen) atoms. The van der Waals surface area contributed by atoms with E-state index in [-0.39, 0.29) is 15.4 Å². The molecule has 0 aromatic carbocycles. The maximum atomic E-state index is 5.73. The van der Waals surface area contributed by atoms with Crippen molar-refractivity contribution in [1.29, 1.82) is 0 Å². The van der Waals surface area contributed by atoms with Gasteiger partial charge in [0.15, 0.2) is 0 Å². The highest BCUT2D eigenvalue weighted by molar-refractivity contribution is 6.38. The molecule has 5 heteroatoms. The predicted octanol–water partition coefficient (Wildman–Crippen LogP) is 1.83. The van der Waals surface area contributed by atoms with Crippen LogP contribution in [0, 0.1) is 0 Å². The van der Waals surface area contributed by atoms with Gasteiger partial charge in [0.1, 0.15) is 5.91 Å². The summed E-state index contributed by atoms with van der Waals surface area (Å²) in [6.45, 7) is 11.1. The van der Waals surface area contributed by atoms with Crippen LogP contribution in [0.25, 0.3) is 0 Å². The van der Waals surface area contributed by atoms with E-state index in [0.29, 0.717) is 0 Å². The summed E-state index contributed by atoms with van der Waals surface area (Å²) in [5.74, 6) is 0.110. The Morgan fingerprint density at radius 1 is 1.21 bits per heavy atom. The second-order valence-electron chi connectivity index (χ2n) is 5.08. The Bertz CT molecular complexity index is 246. The van der Waals surface area contributed by atoms with Gasteiger partial charge in [0, 0.05) is 26.3 Å². The number of nitrogens with zero attached hydrogens (tertiary/aromatic N) is 2. The van der Waals surface area contributed by atoms with Crippen molar-refractivity contribution in [1.82, 2.24) is 4.90 Å². The zero-order chi connectivity index (χ0) is 13.9. The standard InChI is InChI=1S/C14H30N2O2Si/c1-4-7-13(8-10-16-11-9-15-12-16)19-14(17-5-2)18-6-3/h12-14H,4-11,19H2,1-3H3. The lowest BCUT2D eigenvalue weighted by molar-refractivity contribution is -0.0835. The topological polar surface area (TPSA) is 34.1 Å². The van der Waals surface area contributed by atoms with Crippen molar-refractivity contribution in [3.63, 3.8) is 0 Å². The zero-order valence-corrected chi connectivity index (χ0v) is 14.2. The minimum absolute atomic E-state index is 0.110. The fourth-order valence-corrected chi connectivity index (χ4v) is 4.90. The molecule has 0 N–H and O–H groups in total. The molecule has 0 saturated carbocycles. The van der Waals surface area contributed by atoms with Gasteiger partial charge in [-0.25, -0.2) is 0 Å². The fraction of sp³-hybridized carbons (Fsp3) is 0.929. The number of ether oxygens (including phenoxy) is 2. The molecule has 1 aliphatic rings. The smallest absolute Gasteiger partial charge is 0.135 e. The fourth-order valence-electron chi connectivity index (χ4n) is 2.55.